The van der Waals surface area contributed by atoms with Crippen LogP contribution in [0.25, 0.3) is 92.3 Å². The van der Waals surface area contributed by atoms with Gasteiger partial charge in [0.15, 0.2) is 5.82 Å². The van der Waals surface area contributed by atoms with Crippen molar-refractivity contribution in [3.8, 4) is 39.5 Å². The van der Waals surface area contributed by atoms with Crippen LogP contribution >= 0.6 is 11.3 Å². The van der Waals surface area contributed by atoms with Crippen LogP contribution < -0.4 is 0 Å². The summed E-state index contributed by atoms with van der Waals surface area (Å²) in [6.45, 7) is 0. The van der Waals surface area contributed by atoms with Gasteiger partial charge >= 0.3 is 0 Å². The van der Waals surface area contributed by atoms with Gasteiger partial charge in [0.05, 0.1) is 26.9 Å². The van der Waals surface area contributed by atoms with Crippen molar-refractivity contribution >= 4 is 64.2 Å². The first-order valence-electron chi connectivity index (χ1n) is 16.2. The van der Waals surface area contributed by atoms with Gasteiger partial charge < -0.3 is 4.57 Å². The van der Waals surface area contributed by atoms with Crippen molar-refractivity contribution in [3.05, 3.63) is 164 Å². The van der Waals surface area contributed by atoms with E-state index in [1.54, 1.807) is 11.3 Å². The highest BCUT2D eigenvalue weighted by atomic mass is 32.1. The summed E-state index contributed by atoms with van der Waals surface area (Å²) in [6, 6.07) is 58.4. The van der Waals surface area contributed by atoms with Crippen LogP contribution in [0.2, 0.25) is 0 Å². The van der Waals surface area contributed by atoms with Gasteiger partial charge in [0.25, 0.3) is 0 Å². The number of rotatable bonds is 4. The summed E-state index contributed by atoms with van der Waals surface area (Å²) in [5, 5.41) is 6.10. The molecule has 0 saturated carbocycles. The van der Waals surface area contributed by atoms with Crippen LogP contribution in [0, 0.1) is 0 Å². The molecular weight excluding hydrogens is 603 g/mol. The van der Waals surface area contributed by atoms with E-state index < -0.39 is 0 Å². The molecule has 0 aliphatic heterocycles. The Morgan fingerprint density at radius 2 is 1.10 bits per heavy atom. The molecule has 3 aromatic heterocycles. The number of hydrogen-bond donors (Lipinski definition) is 0. The third-order valence-corrected chi connectivity index (χ3v) is 10.6. The Morgan fingerprint density at radius 1 is 0.438 bits per heavy atom. The van der Waals surface area contributed by atoms with Gasteiger partial charge in [0, 0.05) is 37.7 Å². The summed E-state index contributed by atoms with van der Waals surface area (Å²) in [6.07, 6.45) is 0. The molecule has 0 bridgehead atoms. The quantitative estimate of drug-likeness (QED) is 0.194. The standard InChI is InChI=1S/C44H27N3S/c1-2-12-29(13-3-1)44-45-41(33-22-21-28-11-4-5-14-30(28)25-33)43-42(46-44)37-27-32(23-24-40(37)48-43)31-15-10-16-34(26-31)47-38-19-8-6-17-35(38)36-18-7-9-20-39(36)47/h1-27H. The Morgan fingerprint density at radius 3 is 1.92 bits per heavy atom. The van der Waals surface area contributed by atoms with Crippen LogP contribution in [0.1, 0.15) is 0 Å². The maximum Gasteiger partial charge on any atom is 0.160 e. The minimum absolute atomic E-state index is 0.740. The third kappa shape index (κ3) is 4.27. The van der Waals surface area contributed by atoms with E-state index in [1.807, 2.05) is 18.2 Å². The van der Waals surface area contributed by atoms with Crippen LogP contribution in [-0.2, 0) is 0 Å². The Hall–Kier alpha value is -6.10. The molecule has 0 unspecified atom stereocenters. The molecular formula is C44H27N3S. The average Bonchev–Trinajstić information content (AvgIpc) is 3.70. The van der Waals surface area contributed by atoms with E-state index >= 15 is 0 Å². The maximum absolute atomic E-state index is 5.24. The van der Waals surface area contributed by atoms with Crippen LogP contribution in [0.3, 0.4) is 0 Å². The lowest BCUT2D eigenvalue weighted by atomic mass is 10.0. The van der Waals surface area contributed by atoms with E-state index in [0.29, 0.717) is 0 Å². The zero-order valence-electron chi connectivity index (χ0n) is 25.8. The van der Waals surface area contributed by atoms with Gasteiger partial charge in [-0.05, 0) is 64.4 Å². The molecule has 0 atom stereocenters. The Labute approximate surface area is 281 Å². The second-order valence-electron chi connectivity index (χ2n) is 12.2. The molecule has 10 aromatic rings. The predicted octanol–water partition coefficient (Wildman–Crippen LogP) is 12.1. The Kier molecular flexibility index (Phi) is 6.05. The molecule has 0 fully saturated rings. The largest absolute Gasteiger partial charge is 0.309 e. The van der Waals surface area contributed by atoms with Gasteiger partial charge in [-0.2, -0.15) is 0 Å². The van der Waals surface area contributed by atoms with Crippen LogP contribution in [0.5, 0.6) is 0 Å². The van der Waals surface area contributed by atoms with Gasteiger partial charge in [-0.1, -0.05) is 121 Å². The normalized spacial score (nSPS) is 11.8. The van der Waals surface area contributed by atoms with Gasteiger partial charge in [0.2, 0.25) is 0 Å². The topological polar surface area (TPSA) is 30.7 Å². The molecule has 0 aliphatic rings. The van der Waals surface area contributed by atoms with Crippen molar-refractivity contribution in [2.45, 2.75) is 0 Å². The molecule has 3 nitrogen and oxygen atoms in total. The second-order valence-corrected chi connectivity index (χ2v) is 13.3. The highest BCUT2D eigenvalue weighted by molar-refractivity contribution is 7.26. The van der Waals surface area contributed by atoms with Crippen molar-refractivity contribution in [3.63, 3.8) is 0 Å². The molecule has 0 aliphatic carbocycles. The van der Waals surface area contributed by atoms with Gasteiger partial charge in [-0.3, -0.25) is 0 Å². The molecule has 10 rings (SSSR count). The number of aromatic nitrogens is 3. The monoisotopic (exact) mass is 629 g/mol. The fourth-order valence-electron chi connectivity index (χ4n) is 7.10. The molecule has 48 heavy (non-hydrogen) atoms. The molecule has 0 radical (unpaired) electrons. The second kappa shape index (κ2) is 10.7. The molecule has 3 heterocycles. The van der Waals surface area contributed by atoms with Crippen LogP contribution in [0.15, 0.2) is 164 Å². The molecule has 224 valence electrons. The smallest absolute Gasteiger partial charge is 0.160 e. The molecule has 0 N–H and O–H groups in total. The first-order chi connectivity index (χ1) is 23.8. The van der Waals surface area contributed by atoms with E-state index in [4.69, 9.17) is 9.97 Å². The number of hydrogen-bond acceptors (Lipinski definition) is 3. The van der Waals surface area contributed by atoms with Crippen LogP contribution in [0.4, 0.5) is 0 Å². The summed E-state index contributed by atoms with van der Waals surface area (Å²) in [5.41, 5.74) is 9.97. The summed E-state index contributed by atoms with van der Waals surface area (Å²) >= 11 is 1.77. The van der Waals surface area contributed by atoms with E-state index in [2.05, 4.69) is 150 Å². The zero-order chi connectivity index (χ0) is 31.6. The average molecular weight is 630 g/mol. The molecule has 7 aromatic carbocycles. The van der Waals surface area contributed by atoms with Gasteiger partial charge in [-0.25, -0.2) is 9.97 Å². The molecule has 0 spiro atoms. The third-order valence-electron chi connectivity index (χ3n) is 9.38. The maximum atomic E-state index is 5.24. The van der Waals surface area contributed by atoms with E-state index in [1.165, 1.54) is 42.8 Å². The number of nitrogens with zero attached hydrogens (tertiary/aromatic N) is 3. The Bertz CT molecular complexity index is 2790. The number of benzene rings is 7. The number of thiophene rings is 1. The lowest BCUT2D eigenvalue weighted by Crippen LogP contribution is -1.94. The minimum Gasteiger partial charge on any atom is -0.309 e. The SMILES string of the molecule is c1ccc(-c2nc(-c3ccc4ccccc4c3)c3sc4ccc(-c5cccc(-n6c7ccccc7c7ccccc76)c5)cc4c3n2)cc1. The van der Waals surface area contributed by atoms with Crippen molar-refractivity contribution in [2.24, 2.45) is 0 Å². The molecule has 0 saturated heterocycles. The van der Waals surface area contributed by atoms with E-state index in [9.17, 15) is 0 Å². The predicted molar refractivity (Wildman–Crippen MR) is 203 cm³/mol. The molecule has 0 amide bonds. The summed E-state index contributed by atoms with van der Waals surface area (Å²) in [5.74, 6) is 0.740. The fraction of sp³-hybridized carbons (Fsp3) is 0. The van der Waals surface area contributed by atoms with E-state index in [-0.39, 0.29) is 0 Å². The van der Waals surface area contributed by atoms with Crippen molar-refractivity contribution in [1.82, 2.24) is 14.5 Å². The van der Waals surface area contributed by atoms with Crippen molar-refractivity contribution < 1.29 is 0 Å². The number of fused-ring (bicyclic) bond motifs is 7. The summed E-state index contributed by atoms with van der Waals surface area (Å²) in [7, 11) is 0. The summed E-state index contributed by atoms with van der Waals surface area (Å²) in [4.78, 5) is 10.4. The van der Waals surface area contributed by atoms with Gasteiger partial charge in [-0.15, -0.1) is 11.3 Å². The number of para-hydroxylation sites is 2. The zero-order valence-corrected chi connectivity index (χ0v) is 26.7. The minimum atomic E-state index is 0.740. The van der Waals surface area contributed by atoms with E-state index in [0.717, 1.165) is 49.5 Å². The lowest BCUT2D eigenvalue weighted by Gasteiger charge is -2.10. The highest BCUT2D eigenvalue weighted by Gasteiger charge is 2.18. The highest BCUT2D eigenvalue weighted by Crippen LogP contribution is 2.42. The first kappa shape index (κ1) is 27.1. The Balaban J connectivity index is 1.17. The van der Waals surface area contributed by atoms with Crippen molar-refractivity contribution in [1.29, 1.82) is 0 Å². The lowest BCUT2D eigenvalue weighted by molar-refractivity contribution is 1.18. The fourth-order valence-corrected chi connectivity index (χ4v) is 8.23. The van der Waals surface area contributed by atoms with Gasteiger partial charge in [0.1, 0.15) is 0 Å². The van der Waals surface area contributed by atoms with Crippen molar-refractivity contribution in [2.75, 3.05) is 0 Å². The van der Waals surface area contributed by atoms with Crippen LogP contribution in [-0.4, -0.2) is 14.5 Å². The molecule has 4 heteroatoms. The first-order valence-corrected chi connectivity index (χ1v) is 17.0. The summed E-state index contributed by atoms with van der Waals surface area (Å²) < 4.78 is 4.69.